The van der Waals surface area contributed by atoms with Crippen LogP contribution in [0.25, 0.3) is 0 Å². The molecule has 3 saturated carbocycles. The van der Waals surface area contributed by atoms with Crippen LogP contribution in [-0.2, 0) is 0 Å². The first kappa shape index (κ1) is 13.0. The predicted octanol–water partition coefficient (Wildman–Crippen LogP) is 5.23. The average molecular weight is 248 g/mol. The van der Waals surface area contributed by atoms with E-state index in [9.17, 15) is 0 Å². The maximum absolute atomic E-state index is 2.60. The van der Waals surface area contributed by atoms with E-state index in [0.717, 1.165) is 53.3 Å². The lowest BCUT2D eigenvalue weighted by atomic mass is 9.64. The van der Waals surface area contributed by atoms with E-state index in [0.29, 0.717) is 0 Å². The molecule has 0 bridgehead atoms. The Bertz CT molecular complexity index is 277. The van der Waals surface area contributed by atoms with Gasteiger partial charge in [-0.25, -0.2) is 0 Å². The minimum atomic E-state index is 0.974. The molecule has 104 valence electrons. The van der Waals surface area contributed by atoms with Crippen LogP contribution in [-0.4, -0.2) is 0 Å². The fraction of sp³-hybridized carbons (Fsp3) is 1.00. The van der Waals surface area contributed by atoms with Crippen molar-refractivity contribution in [2.24, 2.45) is 53.3 Å². The van der Waals surface area contributed by atoms with E-state index < -0.39 is 0 Å². The van der Waals surface area contributed by atoms with E-state index in [1.807, 2.05) is 0 Å². The van der Waals surface area contributed by atoms with Crippen LogP contribution < -0.4 is 0 Å². The second kappa shape index (κ2) is 4.53. The first-order valence-electron chi connectivity index (χ1n) is 8.52. The van der Waals surface area contributed by atoms with E-state index in [1.165, 1.54) is 12.8 Å². The van der Waals surface area contributed by atoms with E-state index in [-0.39, 0.29) is 0 Å². The van der Waals surface area contributed by atoms with Crippen molar-refractivity contribution in [1.82, 2.24) is 0 Å². The van der Waals surface area contributed by atoms with Crippen LogP contribution in [0.2, 0.25) is 0 Å². The molecule has 0 N–H and O–H groups in total. The van der Waals surface area contributed by atoms with E-state index in [1.54, 1.807) is 12.8 Å². The largest absolute Gasteiger partial charge is 0.0622 e. The summed E-state index contributed by atoms with van der Waals surface area (Å²) in [5, 5.41) is 0. The highest BCUT2D eigenvalue weighted by Crippen LogP contribution is 2.61. The Labute approximate surface area is 114 Å². The first-order chi connectivity index (χ1) is 8.52. The lowest BCUT2D eigenvalue weighted by Crippen LogP contribution is -2.33. The van der Waals surface area contributed by atoms with Gasteiger partial charge in [0.15, 0.2) is 0 Å². The molecule has 3 rings (SSSR count). The SMILES string of the molecule is CC1CC[C@H]2C(C1C)C(C)[C@@H]1C(C)C(C)CC[C@H]12. The molecular weight excluding hydrogens is 216 g/mol. The van der Waals surface area contributed by atoms with Crippen molar-refractivity contribution < 1.29 is 0 Å². The minimum Gasteiger partial charge on any atom is -0.0622 e. The standard InChI is InChI=1S/C18H32/c1-10-6-8-15-16-9-7-11(2)13(4)18(16)14(5)17(15)12(10)3/h10-18H,6-9H2,1-5H3/t10?,11?,12?,13?,14?,15-,16+,17-,18?/m0/s1. The predicted molar refractivity (Wildman–Crippen MR) is 78.2 cm³/mol. The van der Waals surface area contributed by atoms with Crippen LogP contribution in [0.5, 0.6) is 0 Å². The molecule has 0 aromatic rings. The van der Waals surface area contributed by atoms with Gasteiger partial charge in [0, 0.05) is 0 Å². The lowest BCUT2D eigenvalue weighted by molar-refractivity contribution is 0.0845. The highest BCUT2D eigenvalue weighted by atomic mass is 14.6. The average Bonchev–Trinajstić information content (AvgIpc) is 2.63. The molecule has 3 aliphatic carbocycles. The first-order valence-corrected chi connectivity index (χ1v) is 8.52. The maximum atomic E-state index is 2.60. The molecule has 0 aromatic heterocycles. The topological polar surface area (TPSA) is 0 Å². The van der Waals surface area contributed by atoms with Gasteiger partial charge in [-0.1, -0.05) is 47.5 Å². The van der Waals surface area contributed by atoms with Gasteiger partial charge in [0.05, 0.1) is 0 Å². The Morgan fingerprint density at radius 3 is 1.28 bits per heavy atom. The third-order valence-corrected chi connectivity index (χ3v) is 7.67. The van der Waals surface area contributed by atoms with Gasteiger partial charge in [0.25, 0.3) is 0 Å². The number of hydrogen-bond acceptors (Lipinski definition) is 0. The molecule has 0 nitrogen and oxygen atoms in total. The summed E-state index contributed by atoms with van der Waals surface area (Å²) in [6, 6.07) is 0. The van der Waals surface area contributed by atoms with E-state index >= 15 is 0 Å². The summed E-state index contributed by atoms with van der Waals surface area (Å²) in [7, 11) is 0. The van der Waals surface area contributed by atoms with Gasteiger partial charge in [-0.3, -0.25) is 0 Å². The molecule has 0 spiro atoms. The van der Waals surface area contributed by atoms with Gasteiger partial charge in [-0.05, 0) is 66.1 Å². The van der Waals surface area contributed by atoms with Gasteiger partial charge < -0.3 is 0 Å². The summed E-state index contributed by atoms with van der Waals surface area (Å²) in [5.74, 6) is 9.18. The number of fused-ring (bicyclic) bond motifs is 3. The van der Waals surface area contributed by atoms with Gasteiger partial charge in [0.2, 0.25) is 0 Å². The van der Waals surface area contributed by atoms with Crippen LogP contribution in [0.3, 0.4) is 0 Å². The molecule has 0 aliphatic heterocycles. The number of hydrogen-bond donors (Lipinski definition) is 0. The summed E-state index contributed by atoms with van der Waals surface area (Å²) < 4.78 is 0. The molecule has 3 fully saturated rings. The molecular formula is C18H32. The maximum Gasteiger partial charge on any atom is -0.0326 e. The smallest absolute Gasteiger partial charge is 0.0326 e. The zero-order chi connectivity index (χ0) is 13.0. The summed E-state index contributed by atoms with van der Waals surface area (Å²) in [4.78, 5) is 0. The van der Waals surface area contributed by atoms with Crippen LogP contribution in [0.4, 0.5) is 0 Å². The van der Waals surface area contributed by atoms with Crippen molar-refractivity contribution in [2.45, 2.75) is 60.3 Å². The fourth-order valence-electron chi connectivity index (χ4n) is 6.35. The van der Waals surface area contributed by atoms with Crippen LogP contribution in [0.15, 0.2) is 0 Å². The molecule has 0 saturated heterocycles. The van der Waals surface area contributed by atoms with Crippen LogP contribution in [0.1, 0.15) is 60.3 Å². The number of rotatable bonds is 0. The molecule has 0 amide bonds. The molecule has 0 aromatic carbocycles. The van der Waals surface area contributed by atoms with Crippen molar-refractivity contribution in [3.05, 3.63) is 0 Å². The van der Waals surface area contributed by atoms with Gasteiger partial charge in [-0.2, -0.15) is 0 Å². The van der Waals surface area contributed by atoms with Crippen LogP contribution in [0, 0.1) is 53.3 Å². The molecule has 9 atom stereocenters. The Hall–Kier alpha value is 0. The van der Waals surface area contributed by atoms with Gasteiger partial charge >= 0.3 is 0 Å². The Morgan fingerprint density at radius 2 is 0.889 bits per heavy atom. The Kier molecular flexibility index (Phi) is 3.27. The van der Waals surface area contributed by atoms with E-state index in [4.69, 9.17) is 0 Å². The normalized spacial score (nSPS) is 60.2. The monoisotopic (exact) mass is 248 g/mol. The van der Waals surface area contributed by atoms with Crippen molar-refractivity contribution in [3.63, 3.8) is 0 Å². The zero-order valence-electron chi connectivity index (χ0n) is 13.0. The van der Waals surface area contributed by atoms with Crippen molar-refractivity contribution in [3.8, 4) is 0 Å². The minimum absolute atomic E-state index is 0.974. The van der Waals surface area contributed by atoms with Crippen molar-refractivity contribution in [1.29, 1.82) is 0 Å². The van der Waals surface area contributed by atoms with Crippen molar-refractivity contribution in [2.75, 3.05) is 0 Å². The third-order valence-electron chi connectivity index (χ3n) is 7.67. The molecule has 18 heavy (non-hydrogen) atoms. The highest BCUT2D eigenvalue weighted by Gasteiger charge is 2.55. The zero-order valence-corrected chi connectivity index (χ0v) is 13.0. The quantitative estimate of drug-likeness (QED) is 0.550. The van der Waals surface area contributed by atoms with Gasteiger partial charge in [0.1, 0.15) is 0 Å². The van der Waals surface area contributed by atoms with Crippen molar-refractivity contribution >= 4 is 0 Å². The summed E-state index contributed by atoms with van der Waals surface area (Å²) >= 11 is 0. The summed E-state index contributed by atoms with van der Waals surface area (Å²) in [6.45, 7) is 12.7. The summed E-state index contributed by atoms with van der Waals surface area (Å²) in [6.07, 6.45) is 6.09. The third kappa shape index (κ3) is 1.70. The fourth-order valence-corrected chi connectivity index (χ4v) is 6.35. The Balaban J connectivity index is 1.88. The molecule has 0 radical (unpaired) electrons. The lowest BCUT2D eigenvalue weighted by Gasteiger charge is -2.41. The second-order valence-electron chi connectivity index (χ2n) is 8.17. The molecule has 6 unspecified atom stereocenters. The highest BCUT2D eigenvalue weighted by molar-refractivity contribution is 5.03. The molecule has 3 aliphatic rings. The summed E-state index contributed by atoms with van der Waals surface area (Å²) in [5.41, 5.74) is 0. The van der Waals surface area contributed by atoms with E-state index in [2.05, 4.69) is 34.6 Å². The Morgan fingerprint density at radius 1 is 0.500 bits per heavy atom. The second-order valence-corrected chi connectivity index (χ2v) is 8.17. The van der Waals surface area contributed by atoms with Crippen LogP contribution >= 0.6 is 0 Å². The molecule has 0 heterocycles. The molecule has 0 heteroatoms. The van der Waals surface area contributed by atoms with Gasteiger partial charge in [-0.15, -0.1) is 0 Å².